The lowest BCUT2D eigenvalue weighted by Crippen LogP contribution is -1.81. The Morgan fingerprint density at radius 1 is 0.941 bits per heavy atom. The number of hydrogen-bond donors (Lipinski definition) is 1. The average Bonchev–Trinajstić information content (AvgIpc) is 2.74. The molecule has 0 aliphatic carbocycles. The normalized spacial score (nSPS) is 11.5. The van der Waals surface area contributed by atoms with Gasteiger partial charge in [-0.05, 0) is 37.0 Å². The van der Waals surface area contributed by atoms with E-state index in [1.165, 1.54) is 38.5 Å². The van der Waals surface area contributed by atoms with Gasteiger partial charge >= 0.3 is 0 Å². The second-order valence-electron chi connectivity index (χ2n) is 4.77. The molecule has 86 valence electrons. The highest BCUT2D eigenvalue weighted by Crippen LogP contribution is 2.31. The molecule has 1 aromatic heterocycles. The van der Waals surface area contributed by atoms with Crippen molar-refractivity contribution in [2.45, 2.75) is 27.2 Å². The molecule has 1 heterocycles. The molecule has 0 aliphatic heterocycles. The second-order valence-corrected chi connectivity index (χ2v) is 4.77. The number of hydrogen-bond acceptors (Lipinski definition) is 0. The summed E-state index contributed by atoms with van der Waals surface area (Å²) in [6, 6.07) is 11.0. The van der Waals surface area contributed by atoms with E-state index in [9.17, 15) is 0 Å². The van der Waals surface area contributed by atoms with Crippen molar-refractivity contribution in [2.75, 3.05) is 0 Å². The summed E-state index contributed by atoms with van der Waals surface area (Å²) >= 11 is 0. The molecule has 0 saturated heterocycles. The molecule has 0 fully saturated rings. The van der Waals surface area contributed by atoms with Crippen molar-refractivity contribution in [2.24, 2.45) is 0 Å². The average molecular weight is 223 g/mol. The molecule has 0 spiro atoms. The highest BCUT2D eigenvalue weighted by Gasteiger charge is 2.10. The lowest BCUT2D eigenvalue weighted by molar-refractivity contribution is 1.15. The van der Waals surface area contributed by atoms with Crippen LogP contribution in [0, 0.1) is 13.8 Å². The van der Waals surface area contributed by atoms with Crippen LogP contribution in [0.1, 0.15) is 23.6 Å². The Balaban J connectivity index is 2.58. The van der Waals surface area contributed by atoms with E-state index in [0.29, 0.717) is 0 Å². The molecule has 3 rings (SSSR count). The maximum absolute atomic E-state index is 3.61. The van der Waals surface area contributed by atoms with Gasteiger partial charge in [0.2, 0.25) is 0 Å². The summed E-state index contributed by atoms with van der Waals surface area (Å²) in [6.07, 6.45) is 1.07. The molecule has 0 aliphatic rings. The van der Waals surface area contributed by atoms with Crippen molar-refractivity contribution in [3.63, 3.8) is 0 Å². The van der Waals surface area contributed by atoms with Crippen LogP contribution in [0.4, 0.5) is 0 Å². The van der Waals surface area contributed by atoms with Gasteiger partial charge in [0.05, 0.1) is 0 Å². The summed E-state index contributed by atoms with van der Waals surface area (Å²) in [6.45, 7) is 6.57. The van der Waals surface area contributed by atoms with E-state index in [2.05, 4.69) is 56.1 Å². The highest BCUT2D eigenvalue weighted by atomic mass is 14.7. The van der Waals surface area contributed by atoms with E-state index in [0.717, 1.165) is 6.42 Å². The van der Waals surface area contributed by atoms with Gasteiger partial charge < -0.3 is 4.98 Å². The predicted molar refractivity (Wildman–Crippen MR) is 74.7 cm³/mol. The molecule has 0 atom stereocenters. The molecule has 3 aromatic rings. The molecule has 0 amide bonds. The highest BCUT2D eigenvalue weighted by molar-refractivity contribution is 6.10. The van der Waals surface area contributed by atoms with Gasteiger partial charge in [-0.25, -0.2) is 0 Å². The summed E-state index contributed by atoms with van der Waals surface area (Å²) in [4.78, 5) is 3.61. The maximum atomic E-state index is 3.61. The summed E-state index contributed by atoms with van der Waals surface area (Å²) < 4.78 is 0. The number of nitrogens with one attached hydrogen (secondary N) is 1. The number of H-pyrrole nitrogens is 1. The molecule has 17 heavy (non-hydrogen) atoms. The number of aryl methyl sites for hydroxylation is 3. The number of aromatic amines is 1. The van der Waals surface area contributed by atoms with Crippen LogP contribution in [0.15, 0.2) is 30.3 Å². The molecule has 0 saturated carbocycles. The van der Waals surface area contributed by atoms with Gasteiger partial charge in [0.25, 0.3) is 0 Å². The number of aromatic nitrogens is 1. The van der Waals surface area contributed by atoms with E-state index < -0.39 is 0 Å². The lowest BCUT2D eigenvalue weighted by Gasteiger charge is -2.00. The Labute approximate surface area is 101 Å². The molecule has 1 nitrogen and oxygen atoms in total. The smallest absolute Gasteiger partial charge is 0.0497 e. The van der Waals surface area contributed by atoms with E-state index >= 15 is 0 Å². The first-order chi connectivity index (χ1) is 8.22. The Bertz CT molecular complexity index is 704. The molecule has 0 unspecified atom stereocenters. The Kier molecular flexibility index (Phi) is 2.22. The monoisotopic (exact) mass is 223 g/mol. The standard InChI is InChI=1S/C16H17N/c1-4-12-6-5-7-13-14-10(2)8-9-11(3)15(14)17-16(12)13/h5-9,17H,4H2,1-3H3. The van der Waals surface area contributed by atoms with Gasteiger partial charge in [-0.3, -0.25) is 0 Å². The first-order valence-corrected chi connectivity index (χ1v) is 6.22. The van der Waals surface area contributed by atoms with E-state index in [4.69, 9.17) is 0 Å². The third-order valence-electron chi connectivity index (χ3n) is 3.67. The third-order valence-corrected chi connectivity index (χ3v) is 3.67. The SMILES string of the molecule is CCc1cccc2c1[nH]c1c(C)ccc(C)c12. The molecular weight excluding hydrogens is 206 g/mol. The Morgan fingerprint density at radius 2 is 1.71 bits per heavy atom. The van der Waals surface area contributed by atoms with Crippen molar-refractivity contribution < 1.29 is 0 Å². The largest absolute Gasteiger partial charge is 0.354 e. The predicted octanol–water partition coefficient (Wildman–Crippen LogP) is 4.50. The zero-order chi connectivity index (χ0) is 12.0. The summed E-state index contributed by atoms with van der Waals surface area (Å²) in [7, 11) is 0. The van der Waals surface area contributed by atoms with Crippen LogP contribution in [0.5, 0.6) is 0 Å². The fraction of sp³-hybridized carbons (Fsp3) is 0.250. The van der Waals surface area contributed by atoms with Crippen LogP contribution in [0.3, 0.4) is 0 Å². The zero-order valence-corrected chi connectivity index (χ0v) is 10.6. The molecular formula is C16H17N. The fourth-order valence-corrected chi connectivity index (χ4v) is 2.69. The Hall–Kier alpha value is -1.76. The maximum Gasteiger partial charge on any atom is 0.0497 e. The van der Waals surface area contributed by atoms with Crippen molar-refractivity contribution in [3.05, 3.63) is 47.0 Å². The van der Waals surface area contributed by atoms with Crippen LogP contribution in [0.2, 0.25) is 0 Å². The first kappa shape index (κ1) is 10.4. The van der Waals surface area contributed by atoms with Gasteiger partial charge in [0.1, 0.15) is 0 Å². The van der Waals surface area contributed by atoms with Gasteiger partial charge in [-0.2, -0.15) is 0 Å². The van der Waals surface area contributed by atoms with Gasteiger partial charge in [0, 0.05) is 21.8 Å². The van der Waals surface area contributed by atoms with E-state index in [1.807, 2.05) is 0 Å². The van der Waals surface area contributed by atoms with Crippen LogP contribution >= 0.6 is 0 Å². The van der Waals surface area contributed by atoms with Crippen molar-refractivity contribution >= 4 is 21.8 Å². The van der Waals surface area contributed by atoms with Crippen molar-refractivity contribution in [1.29, 1.82) is 0 Å². The molecule has 0 bridgehead atoms. The molecule has 1 N–H and O–H groups in total. The van der Waals surface area contributed by atoms with Crippen molar-refractivity contribution in [3.8, 4) is 0 Å². The zero-order valence-electron chi connectivity index (χ0n) is 10.6. The van der Waals surface area contributed by atoms with Gasteiger partial charge in [0.15, 0.2) is 0 Å². The minimum Gasteiger partial charge on any atom is -0.354 e. The molecule has 2 aromatic carbocycles. The number of para-hydroxylation sites is 1. The van der Waals surface area contributed by atoms with E-state index in [-0.39, 0.29) is 0 Å². The summed E-state index contributed by atoms with van der Waals surface area (Å²) in [5, 5.41) is 2.75. The van der Waals surface area contributed by atoms with Crippen LogP contribution < -0.4 is 0 Å². The van der Waals surface area contributed by atoms with Crippen LogP contribution in [-0.2, 0) is 6.42 Å². The number of rotatable bonds is 1. The lowest BCUT2D eigenvalue weighted by atomic mass is 10.0. The molecule has 0 radical (unpaired) electrons. The minimum atomic E-state index is 1.07. The van der Waals surface area contributed by atoms with Crippen LogP contribution in [0.25, 0.3) is 21.8 Å². The minimum absolute atomic E-state index is 1.07. The summed E-state index contributed by atoms with van der Waals surface area (Å²) in [5.74, 6) is 0. The molecule has 1 heteroatoms. The Morgan fingerprint density at radius 3 is 2.47 bits per heavy atom. The fourth-order valence-electron chi connectivity index (χ4n) is 2.69. The van der Waals surface area contributed by atoms with Crippen molar-refractivity contribution in [1.82, 2.24) is 4.98 Å². The topological polar surface area (TPSA) is 15.8 Å². The second kappa shape index (κ2) is 3.63. The van der Waals surface area contributed by atoms with Crippen LogP contribution in [-0.4, -0.2) is 4.98 Å². The first-order valence-electron chi connectivity index (χ1n) is 6.22. The number of benzene rings is 2. The van der Waals surface area contributed by atoms with Gasteiger partial charge in [-0.1, -0.05) is 37.3 Å². The summed E-state index contributed by atoms with van der Waals surface area (Å²) in [5.41, 5.74) is 6.68. The van der Waals surface area contributed by atoms with E-state index in [1.54, 1.807) is 0 Å². The third kappa shape index (κ3) is 1.39. The number of fused-ring (bicyclic) bond motifs is 3. The quantitative estimate of drug-likeness (QED) is 0.625. The van der Waals surface area contributed by atoms with Gasteiger partial charge in [-0.15, -0.1) is 0 Å².